The van der Waals surface area contributed by atoms with Crippen LogP contribution in [0, 0.1) is 0 Å². The van der Waals surface area contributed by atoms with E-state index in [0.29, 0.717) is 18.7 Å². The normalized spacial score (nSPS) is 10.5. The minimum absolute atomic E-state index is 0.0257. The van der Waals surface area contributed by atoms with Crippen molar-refractivity contribution in [3.63, 3.8) is 0 Å². The molecule has 6 nitrogen and oxygen atoms in total. The van der Waals surface area contributed by atoms with Crippen LogP contribution in [0.1, 0.15) is 5.56 Å². The van der Waals surface area contributed by atoms with E-state index in [1.54, 1.807) is 4.90 Å². The second-order valence-electron chi connectivity index (χ2n) is 4.13. The highest BCUT2D eigenvalue weighted by Crippen LogP contribution is 2.06. The van der Waals surface area contributed by atoms with Crippen LogP contribution in [0.4, 0.5) is 5.69 Å². The fourth-order valence-electron chi connectivity index (χ4n) is 1.63. The molecule has 0 atom stereocenters. The molecule has 0 aliphatic carbocycles. The quantitative estimate of drug-likeness (QED) is 0.543. The van der Waals surface area contributed by atoms with Crippen molar-refractivity contribution < 1.29 is 9.59 Å². The predicted molar refractivity (Wildman–Crippen MR) is 69.4 cm³/mol. The minimum atomic E-state index is -0.478. The second-order valence-corrected chi connectivity index (χ2v) is 4.13. The Kier molecular flexibility index (Phi) is 5.13. The molecular formula is C12H18N4O2. The molecule has 0 saturated heterocycles. The number of primary amides is 2. The van der Waals surface area contributed by atoms with E-state index in [-0.39, 0.29) is 13.1 Å². The van der Waals surface area contributed by atoms with E-state index in [4.69, 9.17) is 17.2 Å². The maximum absolute atomic E-state index is 10.9. The van der Waals surface area contributed by atoms with Crippen molar-refractivity contribution in [1.82, 2.24) is 4.90 Å². The molecule has 0 aliphatic rings. The van der Waals surface area contributed by atoms with Gasteiger partial charge in [0, 0.05) is 12.2 Å². The lowest BCUT2D eigenvalue weighted by Gasteiger charge is -2.18. The highest BCUT2D eigenvalue weighted by Gasteiger charge is 2.10. The Morgan fingerprint density at radius 1 is 1.00 bits per heavy atom. The number of nitrogen functional groups attached to an aromatic ring is 1. The molecule has 0 radical (unpaired) electrons. The molecule has 6 N–H and O–H groups in total. The molecular weight excluding hydrogens is 232 g/mol. The van der Waals surface area contributed by atoms with E-state index >= 15 is 0 Å². The molecule has 0 fully saturated rings. The van der Waals surface area contributed by atoms with Crippen LogP contribution in [-0.4, -0.2) is 36.3 Å². The Hall–Kier alpha value is -2.08. The first-order chi connectivity index (χ1) is 8.47. The summed E-state index contributed by atoms with van der Waals surface area (Å²) in [7, 11) is 0. The molecule has 0 unspecified atom stereocenters. The van der Waals surface area contributed by atoms with Crippen molar-refractivity contribution in [1.29, 1.82) is 0 Å². The molecule has 0 spiro atoms. The number of nitrogens with zero attached hydrogens (tertiary/aromatic N) is 1. The Morgan fingerprint density at radius 3 is 1.94 bits per heavy atom. The van der Waals surface area contributed by atoms with Crippen LogP contribution in [0.25, 0.3) is 0 Å². The van der Waals surface area contributed by atoms with Gasteiger partial charge >= 0.3 is 0 Å². The van der Waals surface area contributed by atoms with Crippen molar-refractivity contribution in [2.75, 3.05) is 25.4 Å². The fraction of sp³-hybridized carbons (Fsp3) is 0.333. The first-order valence-corrected chi connectivity index (χ1v) is 5.60. The van der Waals surface area contributed by atoms with E-state index in [1.807, 2.05) is 24.3 Å². The van der Waals surface area contributed by atoms with Crippen LogP contribution in [-0.2, 0) is 16.0 Å². The number of rotatable bonds is 7. The smallest absolute Gasteiger partial charge is 0.231 e. The van der Waals surface area contributed by atoms with Gasteiger partial charge in [-0.05, 0) is 24.1 Å². The maximum Gasteiger partial charge on any atom is 0.231 e. The predicted octanol–water partition coefficient (Wildman–Crippen LogP) is -0.916. The van der Waals surface area contributed by atoms with E-state index in [0.717, 1.165) is 5.56 Å². The van der Waals surface area contributed by atoms with Crippen molar-refractivity contribution in [2.24, 2.45) is 11.5 Å². The molecule has 18 heavy (non-hydrogen) atoms. The van der Waals surface area contributed by atoms with Crippen LogP contribution in [0.2, 0.25) is 0 Å². The SMILES string of the molecule is NC(=O)CN(CCc1ccc(N)cc1)CC(N)=O. The third kappa shape index (κ3) is 5.31. The van der Waals surface area contributed by atoms with Crippen molar-refractivity contribution in [2.45, 2.75) is 6.42 Å². The van der Waals surface area contributed by atoms with Gasteiger partial charge in [0.15, 0.2) is 0 Å². The number of carbonyl (C=O) groups excluding carboxylic acids is 2. The number of anilines is 1. The topological polar surface area (TPSA) is 115 Å². The molecule has 0 aromatic heterocycles. The Labute approximate surface area is 106 Å². The Balaban J connectivity index is 2.52. The van der Waals surface area contributed by atoms with Gasteiger partial charge in [-0.3, -0.25) is 14.5 Å². The summed E-state index contributed by atoms with van der Waals surface area (Å²) < 4.78 is 0. The van der Waals surface area contributed by atoms with Crippen molar-refractivity contribution in [3.05, 3.63) is 29.8 Å². The van der Waals surface area contributed by atoms with Gasteiger partial charge in [0.05, 0.1) is 13.1 Å². The summed E-state index contributed by atoms with van der Waals surface area (Å²) in [4.78, 5) is 23.3. The van der Waals surface area contributed by atoms with Gasteiger partial charge in [-0.2, -0.15) is 0 Å². The van der Waals surface area contributed by atoms with Gasteiger partial charge in [-0.15, -0.1) is 0 Å². The van der Waals surface area contributed by atoms with Gasteiger partial charge < -0.3 is 17.2 Å². The van der Waals surface area contributed by atoms with Crippen LogP contribution in [0.5, 0.6) is 0 Å². The van der Waals surface area contributed by atoms with E-state index in [1.165, 1.54) is 0 Å². The Bertz CT molecular complexity index is 401. The van der Waals surface area contributed by atoms with E-state index < -0.39 is 11.8 Å². The number of hydrogen-bond acceptors (Lipinski definition) is 4. The molecule has 0 aliphatic heterocycles. The zero-order chi connectivity index (χ0) is 13.5. The highest BCUT2D eigenvalue weighted by atomic mass is 16.2. The molecule has 0 saturated carbocycles. The van der Waals surface area contributed by atoms with Gasteiger partial charge in [-0.25, -0.2) is 0 Å². The average Bonchev–Trinajstić information content (AvgIpc) is 2.26. The van der Waals surface area contributed by atoms with Gasteiger partial charge in [-0.1, -0.05) is 12.1 Å². The first kappa shape index (κ1) is 14.0. The largest absolute Gasteiger partial charge is 0.399 e. The number of benzene rings is 1. The monoisotopic (exact) mass is 250 g/mol. The molecule has 6 heteroatoms. The van der Waals surface area contributed by atoms with E-state index in [2.05, 4.69) is 0 Å². The highest BCUT2D eigenvalue weighted by molar-refractivity contribution is 5.79. The summed E-state index contributed by atoms with van der Waals surface area (Å²) in [5.41, 5.74) is 17.6. The standard InChI is InChI=1S/C12H18N4O2/c13-10-3-1-9(2-4-10)5-6-16(7-11(14)17)8-12(15)18/h1-4H,5-8,13H2,(H2,14,17)(H2,15,18). The third-order valence-electron chi connectivity index (χ3n) is 2.46. The van der Waals surface area contributed by atoms with Gasteiger partial charge in [0.1, 0.15) is 0 Å². The Morgan fingerprint density at radius 2 is 1.50 bits per heavy atom. The first-order valence-electron chi connectivity index (χ1n) is 5.60. The number of nitrogens with two attached hydrogens (primary N) is 3. The number of carbonyl (C=O) groups is 2. The molecule has 98 valence electrons. The number of hydrogen-bond donors (Lipinski definition) is 3. The van der Waals surface area contributed by atoms with Crippen LogP contribution < -0.4 is 17.2 Å². The summed E-state index contributed by atoms with van der Waals surface area (Å²) in [5, 5.41) is 0. The lowest BCUT2D eigenvalue weighted by Crippen LogP contribution is -2.40. The molecule has 1 aromatic carbocycles. The minimum Gasteiger partial charge on any atom is -0.399 e. The molecule has 1 rings (SSSR count). The van der Waals surface area contributed by atoms with Crippen LogP contribution in [0.3, 0.4) is 0 Å². The summed E-state index contributed by atoms with van der Waals surface area (Å²) >= 11 is 0. The summed E-state index contributed by atoms with van der Waals surface area (Å²) in [6, 6.07) is 7.42. The molecule has 2 amide bonds. The average molecular weight is 250 g/mol. The lowest BCUT2D eigenvalue weighted by atomic mass is 10.1. The zero-order valence-corrected chi connectivity index (χ0v) is 10.1. The van der Waals surface area contributed by atoms with Crippen LogP contribution >= 0.6 is 0 Å². The summed E-state index contributed by atoms with van der Waals surface area (Å²) in [5.74, 6) is -0.956. The lowest BCUT2D eigenvalue weighted by molar-refractivity contribution is -0.121. The second kappa shape index (κ2) is 6.61. The van der Waals surface area contributed by atoms with Gasteiger partial charge in [0.2, 0.25) is 11.8 Å². The summed E-state index contributed by atoms with van der Waals surface area (Å²) in [6.07, 6.45) is 0.695. The summed E-state index contributed by atoms with van der Waals surface area (Å²) in [6.45, 7) is 0.589. The van der Waals surface area contributed by atoms with Crippen molar-refractivity contribution in [3.8, 4) is 0 Å². The third-order valence-corrected chi connectivity index (χ3v) is 2.46. The molecule has 1 aromatic rings. The number of amides is 2. The van der Waals surface area contributed by atoms with Crippen LogP contribution in [0.15, 0.2) is 24.3 Å². The zero-order valence-electron chi connectivity index (χ0n) is 10.1. The fourth-order valence-corrected chi connectivity index (χ4v) is 1.63. The maximum atomic E-state index is 10.9. The van der Waals surface area contributed by atoms with E-state index in [9.17, 15) is 9.59 Å². The van der Waals surface area contributed by atoms with Crippen molar-refractivity contribution >= 4 is 17.5 Å². The van der Waals surface area contributed by atoms with Gasteiger partial charge in [0.25, 0.3) is 0 Å². The molecule has 0 bridgehead atoms. The molecule has 0 heterocycles.